The molecule has 0 amide bonds. The van der Waals surface area contributed by atoms with Crippen LogP contribution < -0.4 is 0 Å². The number of rotatable bonds is 3. The van der Waals surface area contributed by atoms with E-state index in [1.165, 1.54) is 5.56 Å². The molecule has 2 aliphatic rings. The van der Waals surface area contributed by atoms with Crippen molar-refractivity contribution in [3.8, 4) is 0 Å². The Kier molecular flexibility index (Phi) is 3.27. The Morgan fingerprint density at radius 1 is 1.33 bits per heavy atom. The molecule has 21 heavy (non-hydrogen) atoms. The molecule has 0 aliphatic carbocycles. The molecule has 1 atom stereocenters. The summed E-state index contributed by atoms with van der Waals surface area (Å²) < 4.78 is 9.79. The van der Waals surface area contributed by atoms with Crippen LogP contribution in [0.2, 0.25) is 0 Å². The standard InChI is InChI=1S/C15H21N5O/c1-12-6-16-20(7-12)14-2-3-18(10-14)8-13-9-19-4-5-21-11-15(19)17-13/h6-7,9,14H,2-5,8,10-11H2,1H3. The fourth-order valence-corrected chi connectivity index (χ4v) is 3.26. The Hall–Kier alpha value is -1.66. The SMILES string of the molecule is Cc1cnn(C2CCN(Cc3cn4c(n3)COCC4)C2)c1. The number of aryl methyl sites for hydroxylation is 1. The second-order valence-corrected chi connectivity index (χ2v) is 6.07. The van der Waals surface area contributed by atoms with Gasteiger partial charge in [0.15, 0.2) is 0 Å². The zero-order valence-electron chi connectivity index (χ0n) is 12.4. The highest BCUT2D eigenvalue weighted by atomic mass is 16.5. The third-order valence-electron chi connectivity index (χ3n) is 4.35. The topological polar surface area (TPSA) is 48.1 Å². The molecule has 6 nitrogen and oxygen atoms in total. The van der Waals surface area contributed by atoms with Crippen molar-refractivity contribution in [3.63, 3.8) is 0 Å². The third-order valence-corrected chi connectivity index (χ3v) is 4.35. The van der Waals surface area contributed by atoms with Crippen molar-refractivity contribution >= 4 is 0 Å². The van der Waals surface area contributed by atoms with E-state index >= 15 is 0 Å². The lowest BCUT2D eigenvalue weighted by Crippen LogP contribution is -2.21. The van der Waals surface area contributed by atoms with E-state index in [1.54, 1.807) is 0 Å². The smallest absolute Gasteiger partial charge is 0.135 e. The Bertz CT molecular complexity index is 608. The molecule has 112 valence electrons. The predicted molar refractivity (Wildman–Crippen MR) is 77.8 cm³/mol. The number of hydrogen-bond acceptors (Lipinski definition) is 4. The maximum Gasteiger partial charge on any atom is 0.135 e. The van der Waals surface area contributed by atoms with Gasteiger partial charge in [0, 0.05) is 38.6 Å². The summed E-state index contributed by atoms with van der Waals surface area (Å²) in [5.74, 6) is 1.06. The molecule has 4 rings (SSSR count). The highest BCUT2D eigenvalue weighted by Gasteiger charge is 2.25. The van der Waals surface area contributed by atoms with Crippen LogP contribution in [0.15, 0.2) is 18.6 Å². The Morgan fingerprint density at radius 3 is 3.10 bits per heavy atom. The van der Waals surface area contributed by atoms with Crippen molar-refractivity contribution in [2.75, 3.05) is 19.7 Å². The van der Waals surface area contributed by atoms with E-state index in [-0.39, 0.29) is 0 Å². The quantitative estimate of drug-likeness (QED) is 0.855. The van der Waals surface area contributed by atoms with E-state index in [2.05, 4.69) is 38.6 Å². The highest BCUT2D eigenvalue weighted by molar-refractivity contribution is 5.06. The number of hydrogen-bond donors (Lipinski definition) is 0. The summed E-state index contributed by atoms with van der Waals surface area (Å²) >= 11 is 0. The van der Waals surface area contributed by atoms with Crippen LogP contribution in [0.1, 0.15) is 29.5 Å². The number of imidazole rings is 1. The molecule has 6 heteroatoms. The number of likely N-dealkylation sites (tertiary alicyclic amines) is 1. The summed E-state index contributed by atoms with van der Waals surface area (Å²) in [5.41, 5.74) is 2.39. The van der Waals surface area contributed by atoms with Crippen LogP contribution in [-0.4, -0.2) is 43.9 Å². The molecular weight excluding hydrogens is 266 g/mol. The van der Waals surface area contributed by atoms with Crippen molar-refractivity contribution in [1.82, 2.24) is 24.2 Å². The van der Waals surface area contributed by atoms with E-state index in [0.717, 1.165) is 50.7 Å². The molecule has 2 aliphatic heterocycles. The van der Waals surface area contributed by atoms with Crippen molar-refractivity contribution < 1.29 is 4.74 Å². The van der Waals surface area contributed by atoms with Gasteiger partial charge < -0.3 is 9.30 Å². The van der Waals surface area contributed by atoms with E-state index in [0.29, 0.717) is 12.6 Å². The fourth-order valence-electron chi connectivity index (χ4n) is 3.26. The maximum absolute atomic E-state index is 5.45. The number of ether oxygens (including phenoxy) is 1. The van der Waals surface area contributed by atoms with Gasteiger partial charge in [0.1, 0.15) is 12.4 Å². The van der Waals surface area contributed by atoms with Gasteiger partial charge in [0.05, 0.1) is 24.5 Å². The van der Waals surface area contributed by atoms with Crippen molar-refractivity contribution in [1.29, 1.82) is 0 Å². The van der Waals surface area contributed by atoms with Gasteiger partial charge >= 0.3 is 0 Å². The lowest BCUT2D eigenvalue weighted by Gasteiger charge is -2.14. The first kappa shape index (κ1) is 13.0. The Labute approximate surface area is 124 Å². The van der Waals surface area contributed by atoms with Crippen LogP contribution >= 0.6 is 0 Å². The molecule has 2 aromatic heterocycles. The third kappa shape index (κ3) is 2.61. The molecule has 0 aromatic carbocycles. The maximum atomic E-state index is 5.45. The Balaban J connectivity index is 1.41. The first-order valence-electron chi connectivity index (χ1n) is 7.64. The van der Waals surface area contributed by atoms with E-state index in [4.69, 9.17) is 9.72 Å². The normalized spacial score (nSPS) is 22.6. The first-order valence-corrected chi connectivity index (χ1v) is 7.64. The van der Waals surface area contributed by atoms with Crippen LogP contribution in [0.3, 0.4) is 0 Å². The molecular formula is C15H21N5O. The largest absolute Gasteiger partial charge is 0.372 e. The van der Waals surface area contributed by atoms with Crippen LogP contribution in [0.5, 0.6) is 0 Å². The van der Waals surface area contributed by atoms with Gasteiger partial charge in [-0.25, -0.2) is 4.98 Å². The van der Waals surface area contributed by atoms with Gasteiger partial charge in [-0.05, 0) is 18.9 Å². The summed E-state index contributed by atoms with van der Waals surface area (Å²) in [6.45, 7) is 7.56. The predicted octanol–water partition coefficient (Wildman–Crippen LogP) is 1.37. The van der Waals surface area contributed by atoms with Crippen molar-refractivity contribution in [3.05, 3.63) is 35.7 Å². The molecule has 4 heterocycles. The van der Waals surface area contributed by atoms with Gasteiger partial charge in [-0.3, -0.25) is 9.58 Å². The van der Waals surface area contributed by atoms with Crippen LogP contribution in [0.25, 0.3) is 0 Å². The molecule has 2 aromatic rings. The zero-order valence-corrected chi connectivity index (χ0v) is 12.4. The summed E-state index contributed by atoms with van der Waals surface area (Å²) in [7, 11) is 0. The second kappa shape index (κ2) is 5.27. The van der Waals surface area contributed by atoms with E-state index in [1.807, 2.05) is 6.20 Å². The molecule has 0 spiro atoms. The van der Waals surface area contributed by atoms with E-state index in [9.17, 15) is 0 Å². The number of aromatic nitrogens is 4. The monoisotopic (exact) mass is 287 g/mol. The van der Waals surface area contributed by atoms with E-state index < -0.39 is 0 Å². The molecule has 0 bridgehead atoms. The minimum atomic E-state index is 0.499. The van der Waals surface area contributed by atoms with Crippen LogP contribution in [0, 0.1) is 6.92 Å². The van der Waals surface area contributed by atoms with Gasteiger partial charge in [-0.1, -0.05) is 0 Å². The number of fused-ring (bicyclic) bond motifs is 1. The highest BCUT2D eigenvalue weighted by Crippen LogP contribution is 2.23. The van der Waals surface area contributed by atoms with Gasteiger partial charge in [0.25, 0.3) is 0 Å². The lowest BCUT2D eigenvalue weighted by atomic mass is 10.3. The molecule has 1 saturated heterocycles. The van der Waals surface area contributed by atoms with Crippen molar-refractivity contribution in [2.45, 2.75) is 39.1 Å². The minimum absolute atomic E-state index is 0.499. The average Bonchev–Trinajstić information content (AvgIpc) is 3.17. The van der Waals surface area contributed by atoms with Crippen LogP contribution in [0.4, 0.5) is 0 Å². The summed E-state index contributed by atoms with van der Waals surface area (Å²) in [6, 6.07) is 0.499. The first-order chi connectivity index (χ1) is 10.3. The molecule has 1 fully saturated rings. The Morgan fingerprint density at radius 2 is 2.29 bits per heavy atom. The van der Waals surface area contributed by atoms with Gasteiger partial charge in [-0.15, -0.1) is 0 Å². The summed E-state index contributed by atoms with van der Waals surface area (Å²) in [4.78, 5) is 7.16. The molecule has 0 radical (unpaired) electrons. The molecule has 0 saturated carbocycles. The van der Waals surface area contributed by atoms with Gasteiger partial charge in [-0.2, -0.15) is 5.10 Å². The van der Waals surface area contributed by atoms with Gasteiger partial charge in [0.2, 0.25) is 0 Å². The zero-order chi connectivity index (χ0) is 14.2. The minimum Gasteiger partial charge on any atom is -0.372 e. The fraction of sp³-hybridized carbons (Fsp3) is 0.600. The average molecular weight is 287 g/mol. The molecule has 0 N–H and O–H groups in total. The summed E-state index contributed by atoms with van der Waals surface area (Å²) in [6.07, 6.45) is 7.42. The summed E-state index contributed by atoms with van der Waals surface area (Å²) in [5, 5.41) is 4.45. The molecule has 1 unspecified atom stereocenters. The second-order valence-electron chi connectivity index (χ2n) is 6.07. The number of nitrogens with zero attached hydrogens (tertiary/aromatic N) is 5. The van der Waals surface area contributed by atoms with Crippen molar-refractivity contribution in [2.24, 2.45) is 0 Å². The van der Waals surface area contributed by atoms with Crippen LogP contribution in [-0.2, 0) is 24.4 Å². The lowest BCUT2D eigenvalue weighted by molar-refractivity contribution is 0.0816.